The molecule has 0 bridgehead atoms. The molecule has 0 fully saturated rings. The molecule has 2 rings (SSSR count). The molecule has 0 saturated heterocycles. The highest BCUT2D eigenvalue weighted by Gasteiger charge is 2.28. The third-order valence-corrected chi connectivity index (χ3v) is 3.36. The number of carbonyl (C=O) groups is 1. The third kappa shape index (κ3) is 3.11. The van der Waals surface area contributed by atoms with Crippen LogP contribution in [0.25, 0.3) is 10.9 Å². The summed E-state index contributed by atoms with van der Waals surface area (Å²) in [6.07, 6.45) is 0. The van der Waals surface area contributed by atoms with Crippen molar-refractivity contribution in [1.82, 2.24) is 4.57 Å². The van der Waals surface area contributed by atoms with Gasteiger partial charge in [0, 0.05) is 29.6 Å². The minimum Gasteiger partial charge on any atom is -0.494 e. The number of aromatic nitrogens is 1. The highest BCUT2D eigenvalue weighted by Crippen LogP contribution is 2.36. The van der Waals surface area contributed by atoms with Gasteiger partial charge in [0.05, 0.1) is 24.7 Å². The number of nitro groups is 1. The minimum absolute atomic E-state index is 0.0867. The number of benzene rings is 1. The summed E-state index contributed by atoms with van der Waals surface area (Å²) in [5, 5.41) is 11.5. The monoisotopic (exact) mass is 321 g/mol. The Bertz CT molecular complexity index is 773. The van der Waals surface area contributed by atoms with E-state index in [0.717, 1.165) is 0 Å². The molecule has 0 aliphatic carbocycles. The lowest BCUT2D eigenvalue weighted by Gasteiger charge is -2.21. The zero-order valence-corrected chi connectivity index (χ0v) is 13.5. The first kappa shape index (κ1) is 16.8. The van der Waals surface area contributed by atoms with Crippen LogP contribution in [0.5, 0.6) is 5.75 Å². The number of carbonyl (C=O) groups excluding carboxylic acids is 1. The predicted molar refractivity (Wildman–Crippen MR) is 84.8 cm³/mol. The molecule has 0 saturated carbocycles. The van der Waals surface area contributed by atoms with Crippen molar-refractivity contribution in [2.75, 3.05) is 14.2 Å². The number of fused-ring (bicyclic) bond motifs is 1. The second-order valence-corrected chi connectivity index (χ2v) is 5.91. The van der Waals surface area contributed by atoms with Crippen LogP contribution in [0.1, 0.15) is 24.3 Å². The Hall–Kier alpha value is -2.61. The maximum atomic E-state index is 12.2. The first-order chi connectivity index (χ1) is 10.7. The molecule has 124 valence electrons. The zero-order valence-electron chi connectivity index (χ0n) is 13.5. The molecule has 1 heterocycles. The molecule has 2 N–H and O–H groups in total. The summed E-state index contributed by atoms with van der Waals surface area (Å²) in [5.41, 5.74) is 6.18. The molecule has 0 atom stereocenters. The highest BCUT2D eigenvalue weighted by molar-refractivity contribution is 6.02. The normalized spacial score (nSPS) is 11.5. The molecular weight excluding hydrogens is 302 g/mol. The van der Waals surface area contributed by atoms with E-state index in [-0.39, 0.29) is 17.1 Å². The number of nitrogens with zero attached hydrogens (tertiary/aromatic N) is 2. The standard InChI is InChI=1S/C15H19N3O5/c1-15(2,16)8-17-11-6-5-9(18(20)21)7-10(11)13(22-3)12(17)14(19)23-4/h5-7H,8,16H2,1-4H3. The van der Waals surface area contributed by atoms with Crippen LogP contribution in [0.15, 0.2) is 18.2 Å². The van der Waals surface area contributed by atoms with E-state index in [4.69, 9.17) is 15.2 Å². The van der Waals surface area contributed by atoms with Crippen LogP contribution in [-0.2, 0) is 11.3 Å². The van der Waals surface area contributed by atoms with E-state index in [2.05, 4.69) is 0 Å². The molecular formula is C15H19N3O5. The van der Waals surface area contributed by atoms with Gasteiger partial charge in [0.1, 0.15) is 0 Å². The predicted octanol–water partition coefficient (Wildman–Crippen LogP) is 2.08. The van der Waals surface area contributed by atoms with Gasteiger partial charge in [-0.25, -0.2) is 4.79 Å². The largest absolute Gasteiger partial charge is 0.494 e. The topological polar surface area (TPSA) is 110 Å². The molecule has 0 aliphatic heterocycles. The number of methoxy groups -OCH3 is 2. The summed E-state index contributed by atoms with van der Waals surface area (Å²) in [6, 6.07) is 4.33. The fourth-order valence-corrected chi connectivity index (χ4v) is 2.50. The number of ether oxygens (including phenoxy) is 2. The number of esters is 1. The number of rotatable bonds is 5. The second kappa shape index (κ2) is 5.88. The Morgan fingerprint density at radius 3 is 2.52 bits per heavy atom. The van der Waals surface area contributed by atoms with Gasteiger partial charge in [-0.15, -0.1) is 0 Å². The Balaban J connectivity index is 2.84. The fraction of sp³-hybridized carbons (Fsp3) is 0.400. The van der Waals surface area contributed by atoms with Gasteiger partial charge in [-0.05, 0) is 19.9 Å². The summed E-state index contributed by atoms with van der Waals surface area (Å²) in [7, 11) is 2.66. The summed E-state index contributed by atoms with van der Waals surface area (Å²) < 4.78 is 11.8. The zero-order chi connectivity index (χ0) is 17.4. The summed E-state index contributed by atoms with van der Waals surface area (Å²) in [4.78, 5) is 22.7. The molecule has 1 aromatic carbocycles. The van der Waals surface area contributed by atoms with Gasteiger partial charge < -0.3 is 19.8 Å². The van der Waals surface area contributed by atoms with E-state index in [1.807, 2.05) is 13.8 Å². The van der Waals surface area contributed by atoms with E-state index < -0.39 is 16.4 Å². The number of hydrogen-bond acceptors (Lipinski definition) is 6. The average molecular weight is 321 g/mol. The van der Waals surface area contributed by atoms with Gasteiger partial charge in [0.15, 0.2) is 11.4 Å². The van der Waals surface area contributed by atoms with Gasteiger partial charge >= 0.3 is 5.97 Å². The lowest BCUT2D eigenvalue weighted by atomic mass is 10.1. The van der Waals surface area contributed by atoms with E-state index in [9.17, 15) is 14.9 Å². The van der Waals surface area contributed by atoms with Crippen LogP contribution in [0.3, 0.4) is 0 Å². The SMILES string of the molecule is COC(=O)c1c(OC)c2cc([N+](=O)[O-])ccc2n1CC(C)(C)N. The van der Waals surface area contributed by atoms with Crippen LogP contribution in [0.4, 0.5) is 5.69 Å². The van der Waals surface area contributed by atoms with E-state index in [1.165, 1.54) is 26.4 Å². The molecule has 0 aliphatic rings. The van der Waals surface area contributed by atoms with Gasteiger partial charge in [0.25, 0.3) is 5.69 Å². The molecule has 1 aromatic heterocycles. The number of non-ortho nitro benzene ring substituents is 1. The van der Waals surface area contributed by atoms with Crippen LogP contribution in [0.2, 0.25) is 0 Å². The molecule has 0 spiro atoms. The molecule has 0 unspecified atom stereocenters. The molecule has 8 nitrogen and oxygen atoms in total. The lowest BCUT2D eigenvalue weighted by Crippen LogP contribution is -2.37. The van der Waals surface area contributed by atoms with Crippen molar-refractivity contribution in [3.8, 4) is 5.75 Å². The second-order valence-electron chi connectivity index (χ2n) is 5.91. The van der Waals surface area contributed by atoms with Crippen molar-refractivity contribution in [1.29, 1.82) is 0 Å². The van der Waals surface area contributed by atoms with Crippen molar-refractivity contribution in [2.45, 2.75) is 25.9 Å². The summed E-state index contributed by atoms with van der Waals surface area (Å²) >= 11 is 0. The Labute approximate surface area is 132 Å². The number of nitrogens with two attached hydrogens (primary N) is 1. The fourth-order valence-electron chi connectivity index (χ4n) is 2.50. The molecule has 8 heteroatoms. The van der Waals surface area contributed by atoms with E-state index >= 15 is 0 Å². The van der Waals surface area contributed by atoms with Gasteiger partial charge in [0.2, 0.25) is 0 Å². The van der Waals surface area contributed by atoms with Crippen LogP contribution in [0, 0.1) is 10.1 Å². The minimum atomic E-state index is -0.610. The van der Waals surface area contributed by atoms with Crippen molar-refractivity contribution >= 4 is 22.6 Å². The molecule has 0 radical (unpaired) electrons. The first-order valence-corrected chi connectivity index (χ1v) is 6.91. The van der Waals surface area contributed by atoms with Gasteiger partial charge in [-0.3, -0.25) is 10.1 Å². The average Bonchev–Trinajstić information content (AvgIpc) is 2.77. The van der Waals surface area contributed by atoms with Crippen molar-refractivity contribution in [2.24, 2.45) is 5.73 Å². The molecule has 0 amide bonds. The Morgan fingerprint density at radius 1 is 1.39 bits per heavy atom. The number of hydrogen-bond donors (Lipinski definition) is 1. The van der Waals surface area contributed by atoms with Crippen molar-refractivity contribution in [3.05, 3.63) is 34.0 Å². The summed E-state index contributed by atoms with van der Waals surface area (Å²) in [6.45, 7) is 3.95. The highest BCUT2D eigenvalue weighted by atomic mass is 16.6. The maximum Gasteiger partial charge on any atom is 0.358 e. The van der Waals surface area contributed by atoms with Crippen LogP contribution < -0.4 is 10.5 Å². The van der Waals surface area contributed by atoms with Crippen LogP contribution in [-0.4, -0.2) is 35.2 Å². The van der Waals surface area contributed by atoms with E-state index in [0.29, 0.717) is 17.4 Å². The van der Waals surface area contributed by atoms with Gasteiger partial charge in [-0.2, -0.15) is 0 Å². The van der Waals surface area contributed by atoms with Crippen LogP contribution >= 0.6 is 0 Å². The van der Waals surface area contributed by atoms with E-state index in [1.54, 1.807) is 10.6 Å². The maximum absolute atomic E-state index is 12.2. The Morgan fingerprint density at radius 2 is 2.04 bits per heavy atom. The number of nitro benzene ring substituents is 1. The quantitative estimate of drug-likeness (QED) is 0.513. The first-order valence-electron chi connectivity index (χ1n) is 6.91. The van der Waals surface area contributed by atoms with Crippen molar-refractivity contribution < 1.29 is 19.2 Å². The lowest BCUT2D eigenvalue weighted by molar-refractivity contribution is -0.384. The molecule has 23 heavy (non-hydrogen) atoms. The van der Waals surface area contributed by atoms with Crippen molar-refractivity contribution in [3.63, 3.8) is 0 Å². The summed E-state index contributed by atoms with van der Waals surface area (Å²) in [5.74, 6) is -0.357. The Kier molecular flexibility index (Phi) is 4.28. The molecule has 2 aromatic rings. The smallest absolute Gasteiger partial charge is 0.358 e. The third-order valence-electron chi connectivity index (χ3n) is 3.36. The van der Waals surface area contributed by atoms with Gasteiger partial charge in [-0.1, -0.05) is 0 Å².